The molecule has 0 spiro atoms. The summed E-state index contributed by atoms with van der Waals surface area (Å²) in [5.41, 5.74) is -0.634. The normalized spacial score (nSPS) is 21.7. The summed E-state index contributed by atoms with van der Waals surface area (Å²) in [7, 11) is 0. The van der Waals surface area contributed by atoms with Crippen LogP contribution in [0, 0.1) is 28.1 Å². The molecule has 0 bridgehead atoms. The SMILES string of the molecule is CCC(C#N)(CC)NC(=O)C1C(C)(C)C1(C)C. The van der Waals surface area contributed by atoms with Crippen LogP contribution in [-0.2, 0) is 4.79 Å². The average molecular weight is 236 g/mol. The van der Waals surface area contributed by atoms with E-state index in [0.717, 1.165) is 0 Å². The highest BCUT2D eigenvalue weighted by Crippen LogP contribution is 2.68. The first-order valence-electron chi connectivity index (χ1n) is 6.42. The van der Waals surface area contributed by atoms with Crippen LogP contribution in [-0.4, -0.2) is 11.4 Å². The second kappa shape index (κ2) is 4.01. The van der Waals surface area contributed by atoms with Gasteiger partial charge in [-0.05, 0) is 23.7 Å². The lowest BCUT2D eigenvalue weighted by atomic mass is 9.94. The standard InChI is InChI=1S/C14H24N2O/c1-7-14(8-2,9-15)16-11(17)10-12(3,4)13(10,5)6/h10H,7-8H2,1-6H3,(H,16,17). The highest BCUT2D eigenvalue weighted by atomic mass is 16.2. The largest absolute Gasteiger partial charge is 0.338 e. The third-order valence-corrected chi connectivity index (χ3v) is 5.07. The molecule has 1 amide bonds. The van der Waals surface area contributed by atoms with Crippen molar-refractivity contribution in [1.29, 1.82) is 5.26 Å². The van der Waals surface area contributed by atoms with Crippen LogP contribution in [0.2, 0.25) is 0 Å². The van der Waals surface area contributed by atoms with E-state index >= 15 is 0 Å². The molecule has 96 valence electrons. The van der Waals surface area contributed by atoms with Gasteiger partial charge in [0.05, 0.1) is 6.07 Å². The average Bonchev–Trinajstić information content (AvgIpc) is 2.66. The van der Waals surface area contributed by atoms with Gasteiger partial charge in [-0.2, -0.15) is 5.26 Å². The van der Waals surface area contributed by atoms with Crippen molar-refractivity contribution in [3.63, 3.8) is 0 Å². The minimum atomic E-state index is -0.689. The third kappa shape index (κ3) is 1.94. The van der Waals surface area contributed by atoms with Crippen LogP contribution >= 0.6 is 0 Å². The van der Waals surface area contributed by atoms with Gasteiger partial charge in [0.15, 0.2) is 0 Å². The van der Waals surface area contributed by atoms with E-state index < -0.39 is 5.54 Å². The fourth-order valence-corrected chi connectivity index (χ4v) is 2.77. The van der Waals surface area contributed by atoms with Gasteiger partial charge in [0.1, 0.15) is 5.54 Å². The summed E-state index contributed by atoms with van der Waals surface area (Å²) in [5.74, 6) is 0.0473. The molecule has 0 heterocycles. The Morgan fingerprint density at radius 1 is 1.24 bits per heavy atom. The molecular formula is C14H24N2O. The topological polar surface area (TPSA) is 52.9 Å². The zero-order valence-corrected chi connectivity index (χ0v) is 11.8. The molecule has 0 aromatic heterocycles. The molecule has 0 aliphatic heterocycles. The molecule has 17 heavy (non-hydrogen) atoms. The van der Waals surface area contributed by atoms with Gasteiger partial charge in [-0.3, -0.25) is 4.79 Å². The maximum Gasteiger partial charge on any atom is 0.225 e. The first-order valence-corrected chi connectivity index (χ1v) is 6.42. The molecule has 0 saturated heterocycles. The van der Waals surface area contributed by atoms with Gasteiger partial charge < -0.3 is 5.32 Å². The highest BCUT2D eigenvalue weighted by molar-refractivity contribution is 5.85. The van der Waals surface area contributed by atoms with Crippen molar-refractivity contribution in [3.8, 4) is 6.07 Å². The molecule has 3 nitrogen and oxygen atoms in total. The van der Waals surface area contributed by atoms with E-state index in [-0.39, 0.29) is 22.7 Å². The minimum absolute atomic E-state index is 0.0147. The van der Waals surface area contributed by atoms with E-state index in [1.165, 1.54) is 0 Å². The second-order valence-corrected chi connectivity index (χ2v) is 6.27. The summed E-state index contributed by atoms with van der Waals surface area (Å²) in [6.45, 7) is 12.3. The Labute approximate surface area is 105 Å². The Morgan fingerprint density at radius 3 is 1.88 bits per heavy atom. The number of hydrogen-bond donors (Lipinski definition) is 1. The zero-order chi connectivity index (χ0) is 13.5. The number of nitrogens with one attached hydrogen (secondary N) is 1. The van der Waals surface area contributed by atoms with Crippen LogP contribution in [0.4, 0.5) is 0 Å². The maximum atomic E-state index is 12.3. The molecule has 3 heteroatoms. The lowest BCUT2D eigenvalue weighted by Crippen LogP contribution is -2.47. The van der Waals surface area contributed by atoms with Crippen molar-refractivity contribution in [3.05, 3.63) is 0 Å². The fraction of sp³-hybridized carbons (Fsp3) is 0.857. The Hall–Kier alpha value is -1.04. The van der Waals surface area contributed by atoms with E-state index in [0.29, 0.717) is 12.8 Å². The van der Waals surface area contributed by atoms with Crippen LogP contribution in [0.5, 0.6) is 0 Å². The van der Waals surface area contributed by atoms with Gasteiger partial charge in [-0.15, -0.1) is 0 Å². The van der Waals surface area contributed by atoms with Crippen LogP contribution in [0.25, 0.3) is 0 Å². The minimum Gasteiger partial charge on any atom is -0.338 e. The van der Waals surface area contributed by atoms with Crippen molar-refractivity contribution in [2.24, 2.45) is 16.7 Å². The second-order valence-electron chi connectivity index (χ2n) is 6.27. The van der Waals surface area contributed by atoms with Crippen LogP contribution in [0.15, 0.2) is 0 Å². The monoisotopic (exact) mass is 236 g/mol. The molecule has 1 aliphatic rings. The van der Waals surface area contributed by atoms with Crippen molar-refractivity contribution in [2.75, 3.05) is 0 Å². The first-order chi connectivity index (χ1) is 7.68. The molecule has 0 radical (unpaired) electrons. The van der Waals surface area contributed by atoms with Crippen molar-refractivity contribution < 1.29 is 4.79 Å². The van der Waals surface area contributed by atoms with Gasteiger partial charge in [0.25, 0.3) is 0 Å². The summed E-state index contributed by atoms with van der Waals surface area (Å²) in [4.78, 5) is 12.3. The van der Waals surface area contributed by atoms with Gasteiger partial charge in [-0.1, -0.05) is 41.5 Å². The molecule has 1 N–H and O–H groups in total. The molecule has 0 atom stereocenters. The molecule has 1 rings (SSSR count). The van der Waals surface area contributed by atoms with Gasteiger partial charge in [-0.25, -0.2) is 0 Å². The Bertz CT molecular complexity index is 345. The molecule has 0 aromatic rings. The van der Waals surface area contributed by atoms with Crippen LogP contribution < -0.4 is 5.32 Å². The highest BCUT2D eigenvalue weighted by Gasteiger charge is 2.68. The zero-order valence-electron chi connectivity index (χ0n) is 11.8. The predicted molar refractivity (Wildman–Crippen MR) is 68.1 cm³/mol. The molecule has 0 unspecified atom stereocenters. The van der Waals surface area contributed by atoms with Gasteiger partial charge >= 0.3 is 0 Å². The molecule has 1 fully saturated rings. The fourth-order valence-electron chi connectivity index (χ4n) is 2.77. The number of carbonyl (C=O) groups excluding carboxylic acids is 1. The van der Waals surface area contributed by atoms with Crippen molar-refractivity contribution >= 4 is 5.91 Å². The third-order valence-electron chi connectivity index (χ3n) is 5.07. The Balaban J connectivity index is 2.80. The number of hydrogen-bond acceptors (Lipinski definition) is 2. The Kier molecular flexibility index (Phi) is 3.31. The lowest BCUT2D eigenvalue weighted by molar-refractivity contribution is -0.124. The van der Waals surface area contributed by atoms with E-state index in [4.69, 9.17) is 0 Å². The first kappa shape index (κ1) is 14.0. The quantitative estimate of drug-likeness (QED) is 0.816. The Morgan fingerprint density at radius 2 is 1.65 bits per heavy atom. The summed E-state index contributed by atoms with van der Waals surface area (Å²) < 4.78 is 0. The number of carbonyl (C=O) groups is 1. The summed E-state index contributed by atoms with van der Waals surface area (Å²) in [5, 5.41) is 12.2. The number of nitrogens with zero attached hydrogens (tertiary/aromatic N) is 1. The predicted octanol–water partition coefficient (Wildman–Crippen LogP) is 2.87. The van der Waals surface area contributed by atoms with E-state index in [1.54, 1.807) is 0 Å². The van der Waals surface area contributed by atoms with Crippen molar-refractivity contribution in [1.82, 2.24) is 5.32 Å². The van der Waals surface area contributed by atoms with Crippen LogP contribution in [0.1, 0.15) is 54.4 Å². The van der Waals surface area contributed by atoms with E-state index in [2.05, 4.69) is 39.1 Å². The number of rotatable bonds is 4. The summed E-state index contributed by atoms with van der Waals surface area (Å²) in [6, 6.07) is 2.25. The van der Waals surface area contributed by atoms with E-state index in [9.17, 15) is 10.1 Å². The number of nitriles is 1. The van der Waals surface area contributed by atoms with Crippen LogP contribution in [0.3, 0.4) is 0 Å². The summed E-state index contributed by atoms with van der Waals surface area (Å²) >= 11 is 0. The summed E-state index contributed by atoms with van der Waals surface area (Å²) in [6.07, 6.45) is 1.30. The molecule has 0 aromatic carbocycles. The number of amides is 1. The van der Waals surface area contributed by atoms with E-state index in [1.807, 2.05) is 13.8 Å². The van der Waals surface area contributed by atoms with Gasteiger partial charge in [0.2, 0.25) is 5.91 Å². The molecular weight excluding hydrogens is 212 g/mol. The molecule has 1 aliphatic carbocycles. The maximum absolute atomic E-state index is 12.3. The van der Waals surface area contributed by atoms with Crippen molar-refractivity contribution in [2.45, 2.75) is 59.9 Å². The molecule has 1 saturated carbocycles. The smallest absolute Gasteiger partial charge is 0.225 e. The lowest BCUT2D eigenvalue weighted by Gasteiger charge is -2.25. The van der Waals surface area contributed by atoms with Gasteiger partial charge in [0, 0.05) is 5.92 Å².